The third-order valence-corrected chi connectivity index (χ3v) is 4.53. The van der Waals surface area contributed by atoms with Crippen LogP contribution in [0, 0.1) is 0 Å². The van der Waals surface area contributed by atoms with Gasteiger partial charge in [0, 0.05) is 13.1 Å². The normalized spacial score (nSPS) is 21.3. The minimum atomic E-state index is -0.0831. The van der Waals surface area contributed by atoms with E-state index in [9.17, 15) is 4.79 Å². The maximum atomic E-state index is 12.3. The first-order valence-corrected chi connectivity index (χ1v) is 8.09. The average molecular weight is 284 g/mol. The lowest BCUT2D eigenvalue weighted by molar-refractivity contribution is -0.123. The van der Waals surface area contributed by atoms with Gasteiger partial charge in [-0.05, 0) is 49.7 Å². The van der Waals surface area contributed by atoms with Gasteiger partial charge in [0.25, 0.3) is 0 Å². The molecule has 0 aromatic heterocycles. The molecule has 1 aliphatic carbocycles. The fourth-order valence-electron chi connectivity index (χ4n) is 3.24. The van der Waals surface area contributed by atoms with Gasteiger partial charge in [0.1, 0.15) is 0 Å². The molecule has 0 fully saturated rings. The monoisotopic (exact) mass is 284 g/mol. The number of rotatable bonds is 4. The molecule has 1 amide bonds. The molecule has 1 unspecified atom stereocenters. The molecule has 1 aliphatic heterocycles. The Kier molecular flexibility index (Phi) is 4.71. The molecule has 0 saturated carbocycles. The van der Waals surface area contributed by atoms with E-state index in [4.69, 9.17) is 0 Å². The standard InChI is InChI=1S/C18H24N2O/c21-18(19-11-10-14-6-2-1-3-7-14)17-12-15-8-4-5-9-16(15)13-20-17/h4-6,8-9,17,20H,1-3,7,10-13H2,(H,19,21). The number of benzene rings is 1. The fraction of sp³-hybridized carbons (Fsp3) is 0.500. The van der Waals surface area contributed by atoms with Gasteiger partial charge in [0.2, 0.25) is 5.91 Å². The van der Waals surface area contributed by atoms with Crippen LogP contribution in [-0.2, 0) is 17.8 Å². The summed E-state index contributed by atoms with van der Waals surface area (Å²) in [4.78, 5) is 12.3. The van der Waals surface area contributed by atoms with Gasteiger partial charge in [-0.1, -0.05) is 35.9 Å². The van der Waals surface area contributed by atoms with Gasteiger partial charge in [0.15, 0.2) is 0 Å². The Labute approximate surface area is 126 Å². The first-order valence-electron chi connectivity index (χ1n) is 8.09. The minimum absolute atomic E-state index is 0.0831. The van der Waals surface area contributed by atoms with E-state index < -0.39 is 0 Å². The lowest BCUT2D eigenvalue weighted by atomic mass is 9.95. The van der Waals surface area contributed by atoms with Crippen molar-refractivity contribution in [2.75, 3.05) is 6.54 Å². The minimum Gasteiger partial charge on any atom is -0.354 e. The van der Waals surface area contributed by atoms with Crippen molar-refractivity contribution in [2.24, 2.45) is 0 Å². The number of hydrogen-bond acceptors (Lipinski definition) is 2. The zero-order chi connectivity index (χ0) is 14.5. The van der Waals surface area contributed by atoms with Crippen molar-refractivity contribution in [2.45, 2.75) is 51.1 Å². The number of carbonyl (C=O) groups excluding carboxylic acids is 1. The van der Waals surface area contributed by atoms with Crippen molar-refractivity contribution in [3.8, 4) is 0 Å². The van der Waals surface area contributed by atoms with Gasteiger partial charge in [-0.15, -0.1) is 0 Å². The van der Waals surface area contributed by atoms with Crippen molar-refractivity contribution in [3.63, 3.8) is 0 Å². The van der Waals surface area contributed by atoms with Crippen LogP contribution in [-0.4, -0.2) is 18.5 Å². The molecule has 1 aromatic carbocycles. The average Bonchev–Trinajstić information content (AvgIpc) is 2.55. The van der Waals surface area contributed by atoms with Gasteiger partial charge >= 0.3 is 0 Å². The van der Waals surface area contributed by atoms with E-state index in [0.717, 1.165) is 25.9 Å². The lowest BCUT2D eigenvalue weighted by Crippen LogP contribution is -2.47. The summed E-state index contributed by atoms with van der Waals surface area (Å²) in [6, 6.07) is 8.28. The second kappa shape index (κ2) is 6.90. The van der Waals surface area contributed by atoms with Crippen molar-refractivity contribution in [3.05, 3.63) is 47.0 Å². The van der Waals surface area contributed by atoms with Crippen LogP contribution in [0.4, 0.5) is 0 Å². The third-order valence-electron chi connectivity index (χ3n) is 4.53. The number of carbonyl (C=O) groups is 1. The third kappa shape index (κ3) is 3.73. The Morgan fingerprint density at radius 1 is 1.24 bits per heavy atom. The number of amides is 1. The first kappa shape index (κ1) is 14.3. The van der Waals surface area contributed by atoms with Crippen LogP contribution in [0.1, 0.15) is 43.2 Å². The first-order chi connectivity index (χ1) is 10.3. The maximum Gasteiger partial charge on any atom is 0.237 e. The predicted octanol–water partition coefficient (Wildman–Crippen LogP) is 2.71. The fourth-order valence-corrected chi connectivity index (χ4v) is 3.24. The molecule has 3 rings (SSSR count). The van der Waals surface area contributed by atoms with Crippen molar-refractivity contribution in [1.29, 1.82) is 0 Å². The van der Waals surface area contributed by atoms with Gasteiger partial charge < -0.3 is 10.6 Å². The molecular weight excluding hydrogens is 260 g/mol. The van der Waals surface area contributed by atoms with Gasteiger partial charge in [-0.3, -0.25) is 4.79 Å². The summed E-state index contributed by atoms with van der Waals surface area (Å²) in [6.45, 7) is 1.56. The second-order valence-electron chi connectivity index (χ2n) is 6.06. The van der Waals surface area contributed by atoms with Crippen LogP contribution in [0.3, 0.4) is 0 Å². The van der Waals surface area contributed by atoms with E-state index in [2.05, 4.69) is 41.0 Å². The van der Waals surface area contributed by atoms with Crippen molar-refractivity contribution < 1.29 is 4.79 Å². The van der Waals surface area contributed by atoms with Gasteiger partial charge in [-0.2, -0.15) is 0 Å². The van der Waals surface area contributed by atoms with Crippen LogP contribution in [0.25, 0.3) is 0 Å². The zero-order valence-electron chi connectivity index (χ0n) is 12.5. The molecular formula is C18H24N2O. The molecule has 0 saturated heterocycles. The van der Waals surface area contributed by atoms with Crippen LogP contribution >= 0.6 is 0 Å². The highest BCUT2D eigenvalue weighted by atomic mass is 16.2. The van der Waals surface area contributed by atoms with E-state index in [1.165, 1.54) is 42.4 Å². The topological polar surface area (TPSA) is 41.1 Å². The van der Waals surface area contributed by atoms with Crippen molar-refractivity contribution in [1.82, 2.24) is 10.6 Å². The molecule has 1 atom stereocenters. The molecule has 2 N–H and O–H groups in total. The Bertz CT molecular complexity index is 536. The Hall–Kier alpha value is -1.61. The smallest absolute Gasteiger partial charge is 0.237 e. The second-order valence-corrected chi connectivity index (χ2v) is 6.06. The SMILES string of the molecule is O=C(NCCC1=CCCCC1)C1Cc2ccccc2CN1. The van der Waals surface area contributed by atoms with Gasteiger partial charge in [0.05, 0.1) is 6.04 Å². The number of fused-ring (bicyclic) bond motifs is 1. The predicted molar refractivity (Wildman–Crippen MR) is 85.0 cm³/mol. The summed E-state index contributed by atoms with van der Waals surface area (Å²) >= 11 is 0. The van der Waals surface area contributed by atoms with E-state index >= 15 is 0 Å². The Morgan fingerprint density at radius 3 is 2.90 bits per heavy atom. The quantitative estimate of drug-likeness (QED) is 0.835. The van der Waals surface area contributed by atoms with Crippen LogP contribution in [0.5, 0.6) is 0 Å². The van der Waals surface area contributed by atoms with E-state index in [0.29, 0.717) is 0 Å². The summed E-state index contributed by atoms with van der Waals surface area (Å²) in [7, 11) is 0. The molecule has 112 valence electrons. The van der Waals surface area contributed by atoms with Gasteiger partial charge in [-0.25, -0.2) is 0 Å². The summed E-state index contributed by atoms with van der Waals surface area (Å²) in [5.74, 6) is 0.140. The van der Waals surface area contributed by atoms with Crippen LogP contribution in [0.2, 0.25) is 0 Å². The molecule has 2 aliphatic rings. The molecule has 0 bridgehead atoms. The number of nitrogens with one attached hydrogen (secondary N) is 2. The highest BCUT2D eigenvalue weighted by Crippen LogP contribution is 2.19. The summed E-state index contributed by atoms with van der Waals surface area (Å²) in [5, 5.41) is 6.43. The lowest BCUT2D eigenvalue weighted by Gasteiger charge is -2.25. The molecule has 1 aromatic rings. The molecule has 21 heavy (non-hydrogen) atoms. The number of hydrogen-bond donors (Lipinski definition) is 2. The largest absolute Gasteiger partial charge is 0.354 e. The van der Waals surface area contributed by atoms with Crippen LogP contribution < -0.4 is 10.6 Å². The van der Waals surface area contributed by atoms with Crippen molar-refractivity contribution >= 4 is 5.91 Å². The van der Waals surface area contributed by atoms with E-state index in [-0.39, 0.29) is 11.9 Å². The van der Waals surface area contributed by atoms with E-state index in [1.54, 1.807) is 0 Å². The highest BCUT2D eigenvalue weighted by molar-refractivity contribution is 5.82. The molecule has 0 radical (unpaired) electrons. The van der Waals surface area contributed by atoms with Crippen LogP contribution in [0.15, 0.2) is 35.9 Å². The Morgan fingerprint density at radius 2 is 2.10 bits per heavy atom. The number of allylic oxidation sites excluding steroid dienone is 1. The zero-order valence-corrected chi connectivity index (χ0v) is 12.5. The molecule has 0 spiro atoms. The molecule has 3 nitrogen and oxygen atoms in total. The Balaban J connectivity index is 1.47. The summed E-state index contributed by atoms with van der Waals surface area (Å²) in [6.07, 6.45) is 9.21. The molecule has 1 heterocycles. The summed E-state index contributed by atoms with van der Waals surface area (Å²) in [5.41, 5.74) is 4.13. The molecule has 3 heteroatoms. The summed E-state index contributed by atoms with van der Waals surface area (Å²) < 4.78 is 0. The highest BCUT2D eigenvalue weighted by Gasteiger charge is 2.23. The van der Waals surface area contributed by atoms with E-state index in [1.807, 2.05) is 0 Å². The maximum absolute atomic E-state index is 12.3.